The van der Waals surface area contributed by atoms with Gasteiger partial charge in [-0.25, -0.2) is 9.48 Å². The molecule has 3 aromatic rings. The lowest BCUT2D eigenvalue weighted by Gasteiger charge is -2.16. The number of carbonyl (C=O) groups excluding carboxylic acids is 3. The van der Waals surface area contributed by atoms with E-state index in [0.29, 0.717) is 10.7 Å². The third-order valence-corrected chi connectivity index (χ3v) is 5.36. The molecule has 0 unspecified atom stereocenters. The lowest BCUT2D eigenvalue weighted by Crippen LogP contribution is -2.37. The lowest BCUT2D eigenvalue weighted by molar-refractivity contribution is -0.148. The first-order valence-electron chi connectivity index (χ1n) is 10.5. The second kappa shape index (κ2) is 11.3. The zero-order valence-corrected chi connectivity index (χ0v) is 19.9. The Labute approximate surface area is 202 Å². The van der Waals surface area contributed by atoms with Gasteiger partial charge in [0.15, 0.2) is 6.61 Å². The molecule has 2 amide bonds. The fourth-order valence-corrected chi connectivity index (χ4v) is 3.40. The molecule has 0 spiro atoms. The summed E-state index contributed by atoms with van der Waals surface area (Å²) in [6, 6.07) is 16.4. The maximum Gasteiger partial charge on any atom is 0.331 e. The van der Waals surface area contributed by atoms with Gasteiger partial charge in [0.2, 0.25) is 5.91 Å². The van der Waals surface area contributed by atoms with Crippen LogP contribution in [0, 0.1) is 13.8 Å². The number of carbonyl (C=O) groups is 3. The fourth-order valence-electron chi connectivity index (χ4n) is 3.21. The zero-order valence-electron chi connectivity index (χ0n) is 19.1. The molecule has 3 rings (SSSR count). The molecule has 0 aliphatic carbocycles. The van der Waals surface area contributed by atoms with Gasteiger partial charge < -0.3 is 15.0 Å². The van der Waals surface area contributed by atoms with Gasteiger partial charge in [0.05, 0.1) is 28.6 Å². The van der Waals surface area contributed by atoms with Crippen LogP contribution in [0.4, 0.5) is 5.69 Å². The Kier molecular flexibility index (Phi) is 8.21. The summed E-state index contributed by atoms with van der Waals surface area (Å²) in [7, 11) is 1.45. The van der Waals surface area contributed by atoms with Crippen molar-refractivity contribution in [3.63, 3.8) is 0 Å². The Bertz CT molecular complexity index is 1220. The summed E-state index contributed by atoms with van der Waals surface area (Å²) in [4.78, 5) is 37.7. The first-order chi connectivity index (χ1) is 16.3. The molecule has 1 N–H and O–H groups in total. The predicted octanol–water partition coefficient (Wildman–Crippen LogP) is 3.80. The van der Waals surface area contributed by atoms with Crippen LogP contribution in [0.3, 0.4) is 0 Å². The van der Waals surface area contributed by atoms with Crippen LogP contribution in [0.2, 0.25) is 5.02 Å². The highest BCUT2D eigenvalue weighted by Gasteiger charge is 2.16. The minimum atomic E-state index is -0.673. The van der Waals surface area contributed by atoms with E-state index in [2.05, 4.69) is 10.4 Å². The summed E-state index contributed by atoms with van der Waals surface area (Å²) >= 11 is 6.01. The Morgan fingerprint density at radius 2 is 1.76 bits per heavy atom. The largest absolute Gasteiger partial charge is 0.452 e. The van der Waals surface area contributed by atoms with Crippen molar-refractivity contribution in [2.45, 2.75) is 13.8 Å². The van der Waals surface area contributed by atoms with Crippen molar-refractivity contribution in [3.8, 4) is 5.69 Å². The number of anilines is 1. The highest BCUT2D eigenvalue weighted by molar-refractivity contribution is 6.33. The van der Waals surface area contributed by atoms with Gasteiger partial charge in [-0.3, -0.25) is 9.59 Å². The van der Waals surface area contributed by atoms with Crippen molar-refractivity contribution >= 4 is 41.1 Å². The summed E-state index contributed by atoms with van der Waals surface area (Å²) in [5.74, 6) is -1.61. The normalized spacial score (nSPS) is 10.8. The van der Waals surface area contributed by atoms with Crippen molar-refractivity contribution < 1.29 is 19.1 Å². The van der Waals surface area contributed by atoms with Crippen molar-refractivity contribution in [2.75, 3.05) is 25.5 Å². The van der Waals surface area contributed by atoms with Crippen molar-refractivity contribution in [1.29, 1.82) is 0 Å². The molecule has 8 nitrogen and oxygen atoms in total. The molecule has 34 heavy (non-hydrogen) atoms. The number of benzene rings is 2. The third-order valence-electron chi connectivity index (χ3n) is 5.03. The van der Waals surface area contributed by atoms with Crippen LogP contribution >= 0.6 is 11.6 Å². The quantitative estimate of drug-likeness (QED) is 0.391. The number of hydrogen-bond donors (Lipinski definition) is 1. The number of aromatic nitrogens is 2. The topological polar surface area (TPSA) is 93.5 Å². The standard InChI is InChI=1S/C25H25ClN4O4/c1-17-20(18(2)30(28-17)19-9-5-4-6-10-19)13-14-25(33)34-16-24(32)29(3)15-23(31)27-22-12-8-7-11-21(22)26/h4-14H,15-16H2,1-3H3,(H,27,31). The van der Waals surface area contributed by atoms with Gasteiger partial charge in [0, 0.05) is 24.4 Å². The maximum atomic E-state index is 12.3. The van der Waals surface area contributed by atoms with E-state index in [1.54, 1.807) is 35.0 Å². The van der Waals surface area contributed by atoms with Crippen molar-refractivity contribution in [2.24, 2.45) is 0 Å². The molecule has 1 aromatic heterocycles. The van der Waals surface area contributed by atoms with Crippen LogP contribution in [-0.4, -0.2) is 52.7 Å². The number of hydrogen-bond acceptors (Lipinski definition) is 5. The van der Waals surface area contributed by atoms with Gasteiger partial charge >= 0.3 is 5.97 Å². The van der Waals surface area contributed by atoms with E-state index < -0.39 is 24.4 Å². The molecular formula is C25H25ClN4O4. The number of ether oxygens (including phenoxy) is 1. The first-order valence-corrected chi connectivity index (χ1v) is 10.9. The van der Waals surface area contributed by atoms with Crippen LogP contribution in [0.5, 0.6) is 0 Å². The number of nitrogens with one attached hydrogen (secondary N) is 1. The number of esters is 1. The third kappa shape index (κ3) is 6.32. The smallest absolute Gasteiger partial charge is 0.331 e. The van der Waals surface area contributed by atoms with E-state index in [4.69, 9.17) is 16.3 Å². The monoisotopic (exact) mass is 480 g/mol. The fraction of sp³-hybridized carbons (Fsp3) is 0.200. The molecule has 0 atom stereocenters. The van der Waals surface area contributed by atoms with E-state index >= 15 is 0 Å². The Hall–Kier alpha value is -3.91. The van der Waals surface area contributed by atoms with Gasteiger partial charge in [-0.05, 0) is 44.2 Å². The number of para-hydroxylation sites is 2. The van der Waals surface area contributed by atoms with E-state index in [0.717, 1.165) is 22.6 Å². The van der Waals surface area contributed by atoms with Crippen LogP contribution in [-0.2, 0) is 19.1 Å². The van der Waals surface area contributed by atoms with Crippen LogP contribution in [0.15, 0.2) is 60.7 Å². The molecule has 0 fully saturated rings. The highest BCUT2D eigenvalue weighted by atomic mass is 35.5. The molecule has 1 heterocycles. The van der Waals surface area contributed by atoms with E-state index in [1.165, 1.54) is 18.0 Å². The Morgan fingerprint density at radius 3 is 2.47 bits per heavy atom. The lowest BCUT2D eigenvalue weighted by atomic mass is 10.2. The molecule has 2 aromatic carbocycles. The second-order valence-corrected chi connectivity index (χ2v) is 7.96. The molecule has 0 saturated carbocycles. The Balaban J connectivity index is 1.52. The SMILES string of the molecule is Cc1nn(-c2ccccc2)c(C)c1C=CC(=O)OCC(=O)N(C)CC(=O)Nc1ccccc1Cl. The Morgan fingerprint density at radius 1 is 1.09 bits per heavy atom. The summed E-state index contributed by atoms with van der Waals surface area (Å²) in [6.07, 6.45) is 2.87. The number of nitrogens with zero attached hydrogens (tertiary/aromatic N) is 3. The van der Waals surface area contributed by atoms with Gasteiger partial charge in [0.25, 0.3) is 5.91 Å². The summed E-state index contributed by atoms with van der Waals surface area (Å²) < 4.78 is 6.84. The molecule has 0 saturated heterocycles. The minimum absolute atomic E-state index is 0.214. The van der Waals surface area contributed by atoms with Crippen LogP contribution in [0.1, 0.15) is 17.0 Å². The molecule has 176 valence electrons. The van der Waals surface area contributed by atoms with Gasteiger partial charge in [-0.1, -0.05) is 41.9 Å². The van der Waals surface area contributed by atoms with Crippen LogP contribution < -0.4 is 5.32 Å². The van der Waals surface area contributed by atoms with E-state index in [1.807, 2.05) is 44.2 Å². The summed E-state index contributed by atoms with van der Waals surface area (Å²) in [5.41, 5.74) is 3.78. The highest BCUT2D eigenvalue weighted by Crippen LogP contribution is 2.20. The number of likely N-dealkylation sites (N-methyl/N-ethyl adjacent to an activating group) is 1. The molecule has 0 bridgehead atoms. The first kappa shape index (κ1) is 24.7. The molecule has 9 heteroatoms. The summed E-state index contributed by atoms with van der Waals surface area (Å²) in [5, 5.41) is 7.55. The minimum Gasteiger partial charge on any atom is -0.452 e. The molecular weight excluding hydrogens is 456 g/mol. The van der Waals surface area contributed by atoms with Gasteiger partial charge in [-0.15, -0.1) is 0 Å². The van der Waals surface area contributed by atoms with E-state index in [-0.39, 0.29) is 6.54 Å². The van der Waals surface area contributed by atoms with Gasteiger partial charge in [0.1, 0.15) is 0 Å². The number of rotatable bonds is 8. The maximum absolute atomic E-state index is 12.3. The van der Waals surface area contributed by atoms with E-state index in [9.17, 15) is 14.4 Å². The zero-order chi connectivity index (χ0) is 24.7. The number of halogens is 1. The van der Waals surface area contributed by atoms with Crippen molar-refractivity contribution in [1.82, 2.24) is 14.7 Å². The predicted molar refractivity (Wildman–Crippen MR) is 131 cm³/mol. The summed E-state index contributed by atoms with van der Waals surface area (Å²) in [6.45, 7) is 3.06. The number of aryl methyl sites for hydroxylation is 1. The molecule has 0 aliphatic heterocycles. The van der Waals surface area contributed by atoms with Gasteiger partial charge in [-0.2, -0.15) is 5.10 Å². The second-order valence-electron chi connectivity index (χ2n) is 7.55. The average Bonchev–Trinajstić information content (AvgIpc) is 3.11. The van der Waals surface area contributed by atoms with Crippen molar-refractivity contribution in [3.05, 3.63) is 82.6 Å². The average molecular weight is 481 g/mol. The molecule has 0 aliphatic rings. The molecule has 0 radical (unpaired) electrons. The number of amides is 2. The van der Waals surface area contributed by atoms with Crippen LogP contribution in [0.25, 0.3) is 11.8 Å².